The number of fused-ring (bicyclic) bond motifs is 1. The van der Waals surface area contributed by atoms with Gasteiger partial charge >= 0.3 is 0 Å². The maximum absolute atomic E-state index is 6.29. The Morgan fingerprint density at radius 1 is 0.958 bits per heavy atom. The van der Waals surface area contributed by atoms with Crippen LogP contribution in [0.2, 0.25) is 0 Å². The van der Waals surface area contributed by atoms with Crippen molar-refractivity contribution in [2.45, 2.75) is 59.1 Å². The normalized spacial score (nSPS) is 21.8. The van der Waals surface area contributed by atoms with Crippen LogP contribution in [0.5, 0.6) is 5.75 Å². The molecule has 0 spiro atoms. The molecule has 0 amide bonds. The summed E-state index contributed by atoms with van der Waals surface area (Å²) in [4.78, 5) is 0. The van der Waals surface area contributed by atoms with Gasteiger partial charge in [0.05, 0.1) is 6.10 Å². The zero-order valence-electron chi connectivity index (χ0n) is 15.6. The summed E-state index contributed by atoms with van der Waals surface area (Å²) < 4.78 is 6.29. The Hall–Kier alpha value is -1.54. The van der Waals surface area contributed by atoms with Gasteiger partial charge in [0, 0.05) is 6.54 Å². The third-order valence-corrected chi connectivity index (χ3v) is 5.46. The highest BCUT2D eigenvalue weighted by molar-refractivity contribution is 5.84. The average Bonchev–Trinajstić information content (AvgIpc) is 2.55. The highest BCUT2D eigenvalue weighted by atomic mass is 16.5. The molecule has 1 fully saturated rings. The van der Waals surface area contributed by atoms with E-state index >= 15 is 0 Å². The molecule has 2 heteroatoms. The van der Waals surface area contributed by atoms with Crippen molar-refractivity contribution in [3.63, 3.8) is 0 Å². The van der Waals surface area contributed by atoms with Crippen molar-refractivity contribution >= 4 is 10.8 Å². The van der Waals surface area contributed by atoms with Gasteiger partial charge in [-0.05, 0) is 78.6 Å². The van der Waals surface area contributed by atoms with Crippen LogP contribution in [-0.2, 0) is 6.54 Å². The molecule has 1 saturated carbocycles. The second kappa shape index (κ2) is 7.14. The van der Waals surface area contributed by atoms with E-state index in [9.17, 15) is 0 Å². The minimum absolute atomic E-state index is 0.379. The fourth-order valence-electron chi connectivity index (χ4n) is 3.90. The van der Waals surface area contributed by atoms with Crippen molar-refractivity contribution in [3.05, 3.63) is 42.0 Å². The second-order valence-corrected chi connectivity index (χ2v) is 8.33. The maximum atomic E-state index is 6.29. The molecule has 0 unspecified atom stereocenters. The number of nitrogens with one attached hydrogen (secondary N) is 1. The van der Waals surface area contributed by atoms with Crippen LogP contribution < -0.4 is 10.1 Å². The molecule has 0 aliphatic heterocycles. The molecule has 3 rings (SSSR count). The molecule has 2 nitrogen and oxygen atoms in total. The lowest BCUT2D eigenvalue weighted by Gasteiger charge is -2.37. The molecule has 1 N–H and O–H groups in total. The van der Waals surface area contributed by atoms with E-state index in [1.165, 1.54) is 42.0 Å². The second-order valence-electron chi connectivity index (χ2n) is 8.33. The number of hydrogen-bond acceptors (Lipinski definition) is 2. The van der Waals surface area contributed by atoms with Gasteiger partial charge in [-0.1, -0.05) is 39.0 Å². The molecular formula is C22H31NO. The quantitative estimate of drug-likeness (QED) is 0.796. The third kappa shape index (κ3) is 4.10. The predicted octanol–water partition coefficient (Wildman–Crippen LogP) is 5.54. The Balaban J connectivity index is 1.65. The van der Waals surface area contributed by atoms with Crippen LogP contribution in [0.1, 0.15) is 52.0 Å². The predicted molar refractivity (Wildman–Crippen MR) is 103 cm³/mol. The van der Waals surface area contributed by atoms with Gasteiger partial charge in [0.25, 0.3) is 0 Å². The van der Waals surface area contributed by atoms with Crippen LogP contribution in [0.25, 0.3) is 10.8 Å². The van der Waals surface area contributed by atoms with Gasteiger partial charge in [-0.2, -0.15) is 0 Å². The molecule has 24 heavy (non-hydrogen) atoms. The lowest BCUT2D eigenvalue weighted by molar-refractivity contribution is 0.0883. The molecule has 0 radical (unpaired) electrons. The Morgan fingerprint density at radius 3 is 2.29 bits per heavy atom. The standard InChI is InChI=1S/C22H31NO/c1-22(2,3)19-8-11-20(12-9-19)24-21-10-7-17-13-16(15-23-4)5-6-18(17)14-21/h5-7,10,13-14,19-20,23H,8-9,11-12,15H2,1-4H3. The first-order valence-electron chi connectivity index (χ1n) is 9.29. The first kappa shape index (κ1) is 17.3. The van der Waals surface area contributed by atoms with Gasteiger partial charge in [-0.15, -0.1) is 0 Å². The minimum Gasteiger partial charge on any atom is -0.490 e. The van der Waals surface area contributed by atoms with Gasteiger partial charge in [0.1, 0.15) is 5.75 Å². The van der Waals surface area contributed by atoms with Crippen LogP contribution in [0.15, 0.2) is 36.4 Å². The van der Waals surface area contributed by atoms with Crippen molar-refractivity contribution in [2.24, 2.45) is 11.3 Å². The summed E-state index contributed by atoms with van der Waals surface area (Å²) in [7, 11) is 1.98. The van der Waals surface area contributed by atoms with Gasteiger partial charge in [0.2, 0.25) is 0 Å². The number of ether oxygens (including phenoxy) is 1. The molecule has 0 heterocycles. The van der Waals surface area contributed by atoms with Gasteiger partial charge in [-0.25, -0.2) is 0 Å². The van der Waals surface area contributed by atoms with Crippen molar-refractivity contribution in [1.29, 1.82) is 0 Å². The molecule has 0 bridgehead atoms. The van der Waals surface area contributed by atoms with E-state index in [-0.39, 0.29) is 0 Å². The van der Waals surface area contributed by atoms with E-state index in [4.69, 9.17) is 4.74 Å². The molecule has 2 aromatic carbocycles. The van der Waals surface area contributed by atoms with E-state index in [0.717, 1.165) is 18.2 Å². The van der Waals surface area contributed by atoms with Gasteiger partial charge < -0.3 is 10.1 Å². The summed E-state index contributed by atoms with van der Waals surface area (Å²) in [5.74, 6) is 1.85. The first-order chi connectivity index (χ1) is 11.5. The molecule has 0 atom stereocenters. The van der Waals surface area contributed by atoms with E-state index < -0.39 is 0 Å². The SMILES string of the molecule is CNCc1ccc2cc(OC3CCC(C(C)(C)C)CC3)ccc2c1. The lowest BCUT2D eigenvalue weighted by atomic mass is 9.72. The fourth-order valence-corrected chi connectivity index (χ4v) is 3.90. The minimum atomic E-state index is 0.379. The average molecular weight is 325 g/mol. The Labute approximate surface area is 146 Å². The molecule has 1 aliphatic carbocycles. The molecule has 0 saturated heterocycles. The van der Waals surface area contributed by atoms with Crippen molar-refractivity contribution in [3.8, 4) is 5.75 Å². The molecule has 0 aromatic heterocycles. The molecule has 2 aromatic rings. The largest absolute Gasteiger partial charge is 0.490 e. The van der Waals surface area contributed by atoms with E-state index in [1.807, 2.05) is 7.05 Å². The smallest absolute Gasteiger partial charge is 0.120 e. The van der Waals surface area contributed by atoms with Crippen LogP contribution in [0.3, 0.4) is 0 Å². The van der Waals surface area contributed by atoms with Crippen LogP contribution in [0, 0.1) is 11.3 Å². The Morgan fingerprint density at radius 2 is 1.62 bits per heavy atom. The van der Waals surface area contributed by atoms with Crippen LogP contribution in [-0.4, -0.2) is 13.2 Å². The van der Waals surface area contributed by atoms with E-state index in [1.54, 1.807) is 0 Å². The summed E-state index contributed by atoms with van der Waals surface area (Å²) in [5, 5.41) is 5.75. The summed E-state index contributed by atoms with van der Waals surface area (Å²) in [6.45, 7) is 8.00. The molecular weight excluding hydrogens is 294 g/mol. The molecule has 130 valence electrons. The van der Waals surface area contributed by atoms with Crippen LogP contribution >= 0.6 is 0 Å². The number of hydrogen-bond donors (Lipinski definition) is 1. The maximum Gasteiger partial charge on any atom is 0.120 e. The van der Waals surface area contributed by atoms with Crippen LogP contribution in [0.4, 0.5) is 0 Å². The number of rotatable bonds is 4. The monoisotopic (exact) mass is 325 g/mol. The van der Waals surface area contributed by atoms with Crippen molar-refractivity contribution in [2.75, 3.05) is 7.05 Å². The highest BCUT2D eigenvalue weighted by Crippen LogP contribution is 2.38. The zero-order chi connectivity index (χ0) is 17.2. The van der Waals surface area contributed by atoms with Gasteiger partial charge in [-0.3, -0.25) is 0 Å². The van der Waals surface area contributed by atoms with E-state index in [0.29, 0.717) is 11.5 Å². The molecule has 1 aliphatic rings. The fraction of sp³-hybridized carbons (Fsp3) is 0.545. The number of benzene rings is 2. The lowest BCUT2D eigenvalue weighted by Crippen LogP contribution is -2.30. The topological polar surface area (TPSA) is 21.3 Å². The van der Waals surface area contributed by atoms with Crippen molar-refractivity contribution < 1.29 is 4.74 Å². The Bertz CT molecular complexity index is 678. The summed E-state index contributed by atoms with van der Waals surface area (Å²) in [5.41, 5.74) is 1.75. The van der Waals surface area contributed by atoms with Gasteiger partial charge in [0.15, 0.2) is 0 Å². The van der Waals surface area contributed by atoms with Crippen molar-refractivity contribution in [1.82, 2.24) is 5.32 Å². The summed E-state index contributed by atoms with van der Waals surface area (Å²) in [6.07, 6.45) is 5.32. The zero-order valence-corrected chi connectivity index (χ0v) is 15.6. The first-order valence-corrected chi connectivity index (χ1v) is 9.29. The summed E-state index contributed by atoms with van der Waals surface area (Å²) >= 11 is 0. The van der Waals surface area contributed by atoms with E-state index in [2.05, 4.69) is 62.5 Å². The Kier molecular flexibility index (Phi) is 5.15. The highest BCUT2D eigenvalue weighted by Gasteiger charge is 2.30. The third-order valence-electron chi connectivity index (χ3n) is 5.46. The summed E-state index contributed by atoms with van der Waals surface area (Å²) in [6, 6.07) is 13.1.